The quantitative estimate of drug-likeness (QED) is 0.797. The molecule has 0 heterocycles. The van der Waals surface area contributed by atoms with Crippen molar-refractivity contribution in [2.45, 2.75) is 32.7 Å². The number of rotatable bonds is 5. The molecule has 1 rings (SSSR count). The van der Waals surface area contributed by atoms with E-state index in [1.807, 2.05) is 7.05 Å². The zero-order chi connectivity index (χ0) is 12.1. The summed E-state index contributed by atoms with van der Waals surface area (Å²) in [5.74, 6) is 0.739. The van der Waals surface area contributed by atoms with Gasteiger partial charge in [0, 0.05) is 15.0 Å². The highest BCUT2D eigenvalue weighted by molar-refractivity contribution is 9.11. The van der Waals surface area contributed by atoms with Crippen molar-refractivity contribution in [2.24, 2.45) is 5.92 Å². The van der Waals surface area contributed by atoms with E-state index in [0.717, 1.165) is 10.4 Å². The van der Waals surface area contributed by atoms with Crippen LogP contribution in [0.25, 0.3) is 0 Å². The monoisotopic (exact) mass is 347 g/mol. The summed E-state index contributed by atoms with van der Waals surface area (Å²) < 4.78 is 2.31. The molecule has 0 fully saturated rings. The fourth-order valence-electron chi connectivity index (χ4n) is 1.75. The van der Waals surface area contributed by atoms with Gasteiger partial charge >= 0.3 is 0 Å². The summed E-state index contributed by atoms with van der Waals surface area (Å²) in [5.41, 5.74) is 1.33. The van der Waals surface area contributed by atoms with Crippen LogP contribution in [-0.4, -0.2) is 7.05 Å². The van der Waals surface area contributed by atoms with Crippen molar-refractivity contribution in [3.63, 3.8) is 0 Å². The molecule has 3 heteroatoms. The van der Waals surface area contributed by atoms with Crippen LogP contribution in [0.2, 0.25) is 0 Å². The normalized spacial score (nSPS) is 14.8. The van der Waals surface area contributed by atoms with Gasteiger partial charge in [-0.05, 0) is 43.1 Å². The Morgan fingerprint density at radius 3 is 2.56 bits per heavy atom. The van der Waals surface area contributed by atoms with Crippen LogP contribution in [0.4, 0.5) is 0 Å². The van der Waals surface area contributed by atoms with Crippen LogP contribution in [0.1, 0.15) is 38.3 Å². The van der Waals surface area contributed by atoms with Crippen LogP contribution < -0.4 is 5.32 Å². The lowest BCUT2D eigenvalue weighted by Crippen LogP contribution is -2.19. The lowest BCUT2D eigenvalue weighted by Gasteiger charge is -2.21. The Balaban J connectivity index is 2.89. The second-order valence-electron chi connectivity index (χ2n) is 4.26. The standard InChI is InChI=1S/C13H19Br2N/c1-4-9(2)7-13(16-3)11-8-10(14)5-6-12(11)15/h5-6,8-9,13,16H,4,7H2,1-3H3. The van der Waals surface area contributed by atoms with E-state index in [1.165, 1.54) is 22.9 Å². The molecule has 0 saturated carbocycles. The van der Waals surface area contributed by atoms with E-state index in [0.29, 0.717) is 6.04 Å². The first-order valence-corrected chi connectivity index (χ1v) is 7.29. The number of hydrogen-bond acceptors (Lipinski definition) is 1. The van der Waals surface area contributed by atoms with Crippen LogP contribution in [0.15, 0.2) is 27.1 Å². The molecule has 0 aliphatic carbocycles. The Morgan fingerprint density at radius 2 is 2.00 bits per heavy atom. The van der Waals surface area contributed by atoms with Crippen molar-refractivity contribution in [2.75, 3.05) is 7.05 Å². The predicted octanol–water partition coefficient (Wildman–Crippen LogP) is 4.91. The number of hydrogen-bond donors (Lipinski definition) is 1. The molecule has 0 spiro atoms. The highest BCUT2D eigenvalue weighted by atomic mass is 79.9. The van der Waals surface area contributed by atoms with Crippen LogP contribution in [0.3, 0.4) is 0 Å². The highest BCUT2D eigenvalue weighted by Crippen LogP contribution is 2.30. The van der Waals surface area contributed by atoms with Crippen molar-refractivity contribution in [1.29, 1.82) is 0 Å². The lowest BCUT2D eigenvalue weighted by molar-refractivity contribution is 0.421. The van der Waals surface area contributed by atoms with Crippen LogP contribution in [0, 0.1) is 5.92 Å². The van der Waals surface area contributed by atoms with Gasteiger partial charge in [-0.2, -0.15) is 0 Å². The molecule has 0 aliphatic heterocycles. The van der Waals surface area contributed by atoms with E-state index in [9.17, 15) is 0 Å². The molecule has 0 saturated heterocycles. The summed E-state index contributed by atoms with van der Waals surface area (Å²) in [4.78, 5) is 0. The minimum atomic E-state index is 0.418. The molecule has 1 N–H and O–H groups in total. The number of benzene rings is 1. The van der Waals surface area contributed by atoms with Gasteiger partial charge in [0.05, 0.1) is 0 Å². The Bertz CT molecular complexity index is 339. The third-order valence-corrected chi connectivity index (χ3v) is 4.23. The highest BCUT2D eigenvalue weighted by Gasteiger charge is 2.15. The number of nitrogens with one attached hydrogen (secondary N) is 1. The van der Waals surface area contributed by atoms with Gasteiger partial charge in [0.2, 0.25) is 0 Å². The average Bonchev–Trinajstić information content (AvgIpc) is 2.29. The molecule has 0 amide bonds. The second kappa shape index (κ2) is 6.77. The van der Waals surface area contributed by atoms with Gasteiger partial charge in [0.1, 0.15) is 0 Å². The first kappa shape index (κ1) is 14.2. The first-order chi connectivity index (χ1) is 7.58. The van der Waals surface area contributed by atoms with Gasteiger partial charge in [-0.3, -0.25) is 0 Å². The van der Waals surface area contributed by atoms with E-state index in [1.54, 1.807) is 0 Å². The summed E-state index contributed by atoms with van der Waals surface area (Å²) in [6.45, 7) is 4.55. The Labute approximate surface area is 115 Å². The van der Waals surface area contributed by atoms with Crippen LogP contribution in [0.5, 0.6) is 0 Å². The van der Waals surface area contributed by atoms with Gasteiger partial charge in [0.15, 0.2) is 0 Å². The van der Waals surface area contributed by atoms with Crippen molar-refractivity contribution in [1.82, 2.24) is 5.32 Å². The third kappa shape index (κ3) is 3.86. The van der Waals surface area contributed by atoms with E-state index >= 15 is 0 Å². The predicted molar refractivity (Wildman–Crippen MR) is 77.7 cm³/mol. The molecule has 0 bridgehead atoms. The van der Waals surface area contributed by atoms with Gasteiger partial charge < -0.3 is 5.32 Å². The smallest absolute Gasteiger partial charge is 0.0331 e. The zero-order valence-corrected chi connectivity index (χ0v) is 13.2. The van der Waals surface area contributed by atoms with Crippen LogP contribution >= 0.6 is 31.9 Å². The topological polar surface area (TPSA) is 12.0 Å². The van der Waals surface area contributed by atoms with Crippen molar-refractivity contribution < 1.29 is 0 Å². The maximum absolute atomic E-state index is 3.62. The maximum atomic E-state index is 3.62. The molecule has 0 radical (unpaired) electrons. The van der Waals surface area contributed by atoms with E-state index in [4.69, 9.17) is 0 Å². The summed E-state index contributed by atoms with van der Waals surface area (Å²) in [7, 11) is 2.03. The lowest BCUT2D eigenvalue weighted by atomic mass is 9.94. The summed E-state index contributed by atoms with van der Waals surface area (Å²) in [6.07, 6.45) is 2.39. The molecule has 2 unspecified atom stereocenters. The third-order valence-electron chi connectivity index (χ3n) is 3.02. The average molecular weight is 349 g/mol. The van der Waals surface area contributed by atoms with Gasteiger partial charge in [-0.15, -0.1) is 0 Å². The molecular weight excluding hydrogens is 330 g/mol. The fraction of sp³-hybridized carbons (Fsp3) is 0.538. The molecular formula is C13H19Br2N. The first-order valence-electron chi connectivity index (χ1n) is 5.70. The minimum absolute atomic E-state index is 0.418. The molecule has 1 nitrogen and oxygen atoms in total. The minimum Gasteiger partial charge on any atom is -0.313 e. The SMILES string of the molecule is CCC(C)CC(NC)c1cc(Br)ccc1Br. The summed E-state index contributed by atoms with van der Waals surface area (Å²) in [6, 6.07) is 6.76. The molecule has 90 valence electrons. The van der Waals surface area contributed by atoms with E-state index in [2.05, 4.69) is 69.2 Å². The van der Waals surface area contributed by atoms with Crippen molar-refractivity contribution >= 4 is 31.9 Å². The van der Waals surface area contributed by atoms with Crippen LogP contribution in [-0.2, 0) is 0 Å². The Kier molecular flexibility index (Phi) is 6.01. The molecule has 1 aromatic rings. The summed E-state index contributed by atoms with van der Waals surface area (Å²) in [5, 5.41) is 3.40. The molecule has 0 aromatic heterocycles. The van der Waals surface area contributed by atoms with Gasteiger partial charge in [0.25, 0.3) is 0 Å². The van der Waals surface area contributed by atoms with Gasteiger partial charge in [-0.1, -0.05) is 52.1 Å². The summed E-state index contributed by atoms with van der Waals surface area (Å²) >= 11 is 7.15. The second-order valence-corrected chi connectivity index (χ2v) is 6.03. The van der Waals surface area contributed by atoms with E-state index in [-0.39, 0.29) is 0 Å². The molecule has 16 heavy (non-hydrogen) atoms. The molecule has 1 aromatic carbocycles. The van der Waals surface area contributed by atoms with Crippen molar-refractivity contribution in [3.8, 4) is 0 Å². The molecule has 2 atom stereocenters. The zero-order valence-electron chi connectivity index (χ0n) is 10.1. The van der Waals surface area contributed by atoms with E-state index < -0.39 is 0 Å². The molecule has 0 aliphatic rings. The maximum Gasteiger partial charge on any atom is 0.0331 e. The Morgan fingerprint density at radius 1 is 1.31 bits per heavy atom. The van der Waals surface area contributed by atoms with Crippen molar-refractivity contribution in [3.05, 3.63) is 32.7 Å². The Hall–Kier alpha value is 0.140. The number of halogens is 2. The van der Waals surface area contributed by atoms with Gasteiger partial charge in [-0.25, -0.2) is 0 Å². The largest absolute Gasteiger partial charge is 0.313 e. The fourth-order valence-corrected chi connectivity index (χ4v) is 2.65.